The molecule has 16 heavy (non-hydrogen) atoms. The van der Waals surface area contributed by atoms with E-state index in [0.29, 0.717) is 10.7 Å². The number of pyridine rings is 1. The predicted octanol–water partition coefficient (Wildman–Crippen LogP) is 2.67. The molecule has 1 fully saturated rings. The van der Waals surface area contributed by atoms with Gasteiger partial charge in [0.1, 0.15) is 5.69 Å². The Bertz CT molecular complexity index is 400. The fourth-order valence-corrected chi connectivity index (χ4v) is 2.12. The van der Waals surface area contributed by atoms with E-state index in [0.717, 1.165) is 31.5 Å². The number of halogens is 1. The second-order valence-electron chi connectivity index (χ2n) is 4.12. The van der Waals surface area contributed by atoms with Gasteiger partial charge in [-0.25, -0.2) is 0 Å². The molecule has 0 radical (unpaired) electrons. The number of hydrogen-bond donors (Lipinski definition) is 0. The van der Waals surface area contributed by atoms with Crippen molar-refractivity contribution in [3.8, 4) is 0 Å². The zero-order valence-corrected chi connectivity index (χ0v) is 10.1. The lowest BCUT2D eigenvalue weighted by Crippen LogP contribution is -2.36. The summed E-state index contributed by atoms with van der Waals surface area (Å²) in [5.41, 5.74) is 1.27. The second-order valence-corrected chi connectivity index (χ2v) is 4.53. The smallest absolute Gasteiger partial charge is 0.272 e. The van der Waals surface area contributed by atoms with Crippen LogP contribution in [-0.4, -0.2) is 28.9 Å². The van der Waals surface area contributed by atoms with Crippen LogP contribution in [0.3, 0.4) is 0 Å². The minimum Gasteiger partial charge on any atom is -0.337 e. The average Bonchev–Trinajstić information content (AvgIpc) is 2.33. The van der Waals surface area contributed by atoms with E-state index in [9.17, 15) is 4.79 Å². The maximum Gasteiger partial charge on any atom is 0.272 e. The first-order valence-corrected chi connectivity index (χ1v) is 5.98. The van der Waals surface area contributed by atoms with E-state index in [4.69, 9.17) is 11.6 Å². The number of rotatable bonds is 1. The maximum absolute atomic E-state index is 12.2. The lowest BCUT2D eigenvalue weighted by Gasteiger charge is -2.26. The Kier molecular flexibility index (Phi) is 3.44. The van der Waals surface area contributed by atoms with Crippen molar-refractivity contribution < 1.29 is 4.79 Å². The van der Waals surface area contributed by atoms with E-state index in [2.05, 4.69) is 4.98 Å². The van der Waals surface area contributed by atoms with Crippen molar-refractivity contribution in [2.24, 2.45) is 0 Å². The van der Waals surface area contributed by atoms with Crippen LogP contribution in [-0.2, 0) is 0 Å². The molecule has 1 aliphatic rings. The fraction of sp³-hybridized carbons (Fsp3) is 0.500. The molecule has 3 nitrogen and oxygen atoms in total. The number of piperidine rings is 1. The molecule has 0 bridgehead atoms. The first-order chi connectivity index (χ1) is 7.70. The first kappa shape index (κ1) is 11.4. The number of likely N-dealkylation sites (tertiary alicyclic amines) is 1. The minimum absolute atomic E-state index is 0.0136. The molecule has 2 rings (SSSR count). The molecule has 1 amide bonds. The van der Waals surface area contributed by atoms with Crippen LogP contribution in [0.5, 0.6) is 0 Å². The van der Waals surface area contributed by atoms with Crippen molar-refractivity contribution in [1.82, 2.24) is 9.88 Å². The Balaban J connectivity index is 2.22. The molecule has 0 spiro atoms. The van der Waals surface area contributed by atoms with Crippen LogP contribution in [0.15, 0.2) is 12.3 Å². The maximum atomic E-state index is 12.2. The summed E-state index contributed by atoms with van der Waals surface area (Å²) in [6.45, 7) is 3.52. The standard InChI is InChI=1S/C12H15ClN2O/c1-9-10(13)5-6-14-11(9)12(16)15-7-3-2-4-8-15/h5-6H,2-4,7-8H2,1H3. The Morgan fingerprint density at radius 1 is 1.38 bits per heavy atom. The summed E-state index contributed by atoms with van der Waals surface area (Å²) in [6.07, 6.45) is 4.98. The number of carbonyl (C=O) groups excluding carboxylic acids is 1. The highest BCUT2D eigenvalue weighted by atomic mass is 35.5. The lowest BCUT2D eigenvalue weighted by molar-refractivity contribution is 0.0717. The SMILES string of the molecule is Cc1c(Cl)ccnc1C(=O)N1CCCCC1. The van der Waals surface area contributed by atoms with E-state index in [1.54, 1.807) is 12.3 Å². The summed E-state index contributed by atoms with van der Waals surface area (Å²) in [7, 11) is 0. The van der Waals surface area contributed by atoms with E-state index in [-0.39, 0.29) is 5.91 Å². The van der Waals surface area contributed by atoms with Gasteiger partial charge in [-0.1, -0.05) is 11.6 Å². The number of amides is 1. The Labute approximate surface area is 100 Å². The molecule has 0 unspecified atom stereocenters. The molecule has 1 aliphatic heterocycles. The number of nitrogens with zero attached hydrogens (tertiary/aromatic N) is 2. The molecule has 0 saturated carbocycles. The quantitative estimate of drug-likeness (QED) is 0.754. The van der Waals surface area contributed by atoms with Gasteiger partial charge in [0.05, 0.1) is 0 Å². The minimum atomic E-state index is 0.0136. The molecule has 2 heterocycles. The van der Waals surface area contributed by atoms with Gasteiger partial charge in [0, 0.05) is 24.3 Å². The van der Waals surface area contributed by atoms with E-state index in [1.807, 2.05) is 11.8 Å². The van der Waals surface area contributed by atoms with Crippen molar-refractivity contribution in [3.63, 3.8) is 0 Å². The summed E-state index contributed by atoms with van der Waals surface area (Å²) >= 11 is 5.99. The van der Waals surface area contributed by atoms with Crippen LogP contribution >= 0.6 is 11.6 Å². The van der Waals surface area contributed by atoms with Gasteiger partial charge in [-0.3, -0.25) is 9.78 Å². The van der Waals surface area contributed by atoms with Crippen LogP contribution in [0.25, 0.3) is 0 Å². The molecule has 86 valence electrons. The number of hydrogen-bond acceptors (Lipinski definition) is 2. The molecule has 0 aliphatic carbocycles. The Morgan fingerprint density at radius 3 is 2.75 bits per heavy atom. The third-order valence-electron chi connectivity index (χ3n) is 2.98. The number of aromatic nitrogens is 1. The molecule has 1 aromatic heterocycles. The summed E-state index contributed by atoms with van der Waals surface area (Å²) in [5, 5.41) is 0.607. The molecule has 1 aromatic rings. The Hall–Kier alpha value is -1.09. The van der Waals surface area contributed by atoms with Gasteiger partial charge in [0.2, 0.25) is 0 Å². The lowest BCUT2D eigenvalue weighted by atomic mass is 10.1. The van der Waals surface area contributed by atoms with Crippen LogP contribution in [0.2, 0.25) is 5.02 Å². The normalized spacial score (nSPS) is 16.2. The third kappa shape index (κ3) is 2.19. The topological polar surface area (TPSA) is 33.2 Å². The van der Waals surface area contributed by atoms with Crippen molar-refractivity contribution in [2.75, 3.05) is 13.1 Å². The zero-order valence-electron chi connectivity index (χ0n) is 9.37. The number of carbonyl (C=O) groups is 1. The highest BCUT2D eigenvalue weighted by Crippen LogP contribution is 2.19. The van der Waals surface area contributed by atoms with Gasteiger partial charge in [0.15, 0.2) is 0 Å². The summed E-state index contributed by atoms with van der Waals surface area (Å²) in [4.78, 5) is 18.2. The molecule has 4 heteroatoms. The van der Waals surface area contributed by atoms with Gasteiger partial charge in [-0.15, -0.1) is 0 Å². The molecule has 0 N–H and O–H groups in total. The summed E-state index contributed by atoms with van der Waals surface area (Å²) < 4.78 is 0. The van der Waals surface area contributed by atoms with Crippen molar-refractivity contribution in [1.29, 1.82) is 0 Å². The Morgan fingerprint density at radius 2 is 2.06 bits per heavy atom. The largest absolute Gasteiger partial charge is 0.337 e. The van der Waals surface area contributed by atoms with E-state index >= 15 is 0 Å². The zero-order chi connectivity index (χ0) is 11.5. The van der Waals surface area contributed by atoms with Crippen LogP contribution in [0.1, 0.15) is 35.3 Å². The fourth-order valence-electron chi connectivity index (χ4n) is 1.97. The second kappa shape index (κ2) is 4.83. The van der Waals surface area contributed by atoms with Crippen molar-refractivity contribution in [2.45, 2.75) is 26.2 Å². The van der Waals surface area contributed by atoms with Gasteiger partial charge >= 0.3 is 0 Å². The summed E-state index contributed by atoms with van der Waals surface area (Å²) in [5.74, 6) is 0.0136. The van der Waals surface area contributed by atoms with Crippen molar-refractivity contribution >= 4 is 17.5 Å². The van der Waals surface area contributed by atoms with Crippen molar-refractivity contribution in [3.05, 3.63) is 28.5 Å². The van der Waals surface area contributed by atoms with E-state index < -0.39 is 0 Å². The van der Waals surface area contributed by atoms with Gasteiger partial charge < -0.3 is 4.90 Å². The van der Waals surface area contributed by atoms with E-state index in [1.165, 1.54) is 6.42 Å². The highest BCUT2D eigenvalue weighted by molar-refractivity contribution is 6.31. The molecular formula is C12H15ClN2O. The molecule has 0 atom stereocenters. The van der Waals surface area contributed by atoms with Gasteiger partial charge in [-0.2, -0.15) is 0 Å². The highest BCUT2D eigenvalue weighted by Gasteiger charge is 2.21. The third-order valence-corrected chi connectivity index (χ3v) is 3.39. The molecule has 1 saturated heterocycles. The first-order valence-electron chi connectivity index (χ1n) is 5.60. The average molecular weight is 239 g/mol. The monoisotopic (exact) mass is 238 g/mol. The van der Waals surface area contributed by atoms with Crippen LogP contribution in [0, 0.1) is 6.92 Å². The van der Waals surface area contributed by atoms with Crippen LogP contribution < -0.4 is 0 Å². The van der Waals surface area contributed by atoms with Crippen LogP contribution in [0.4, 0.5) is 0 Å². The van der Waals surface area contributed by atoms with Gasteiger partial charge in [0.25, 0.3) is 5.91 Å². The molecule has 0 aromatic carbocycles. The summed E-state index contributed by atoms with van der Waals surface area (Å²) in [6, 6.07) is 1.71. The predicted molar refractivity (Wildman–Crippen MR) is 63.7 cm³/mol. The molecular weight excluding hydrogens is 224 g/mol. The van der Waals surface area contributed by atoms with Gasteiger partial charge in [-0.05, 0) is 37.8 Å².